The first-order chi connectivity index (χ1) is 18.9. The van der Waals surface area contributed by atoms with Gasteiger partial charge < -0.3 is 14.0 Å². The minimum absolute atomic E-state index is 0.189. The number of hydrogen-bond acceptors (Lipinski definition) is 5. The summed E-state index contributed by atoms with van der Waals surface area (Å²) in [5.74, 6) is 1.00. The molecule has 6 nitrogen and oxygen atoms in total. The van der Waals surface area contributed by atoms with Crippen LogP contribution in [0.2, 0.25) is 0 Å². The van der Waals surface area contributed by atoms with Crippen LogP contribution in [0.4, 0.5) is 0 Å². The van der Waals surface area contributed by atoms with E-state index in [2.05, 4.69) is 72.9 Å². The first-order valence-corrected chi connectivity index (χ1v) is 15.1. The highest BCUT2D eigenvalue weighted by Crippen LogP contribution is 2.38. The summed E-state index contributed by atoms with van der Waals surface area (Å²) in [5, 5.41) is 5.30. The van der Waals surface area contributed by atoms with Gasteiger partial charge in [0.15, 0.2) is 11.5 Å². The Morgan fingerprint density at radius 3 is 2.49 bits per heavy atom. The molecule has 5 rings (SSSR count). The van der Waals surface area contributed by atoms with E-state index in [1.807, 2.05) is 36.4 Å². The number of benzene rings is 2. The summed E-state index contributed by atoms with van der Waals surface area (Å²) in [6.45, 7) is 4.55. The Kier molecular flexibility index (Phi) is 8.59. The molecule has 0 radical (unpaired) electrons. The Bertz CT molecular complexity index is 1520. The summed E-state index contributed by atoms with van der Waals surface area (Å²) in [7, 11) is 1.60. The number of hydrogen-bond donors (Lipinski definition) is 1. The molecular formula is C30H29Br2N3O3S. The van der Waals surface area contributed by atoms with E-state index in [1.165, 1.54) is 4.88 Å². The Labute approximate surface area is 249 Å². The molecule has 0 saturated carbocycles. The van der Waals surface area contributed by atoms with Crippen LogP contribution in [-0.4, -0.2) is 23.8 Å². The van der Waals surface area contributed by atoms with Gasteiger partial charge in [-0.25, -0.2) is 5.43 Å². The molecule has 9 heteroatoms. The van der Waals surface area contributed by atoms with E-state index in [0.29, 0.717) is 18.1 Å². The molecular weight excluding hydrogens is 642 g/mol. The SMILES string of the molecule is COc1cc(/C=N/NC(=O)c2c(-n3c(C)ccc3C)sc3c2CCCC3)c(Br)cc1OCc1ccc(Br)cc1. The normalized spacial score (nSPS) is 12.9. The maximum absolute atomic E-state index is 13.5. The standard InChI is InChI=1S/C30H29Br2N3O3S/c1-18-8-9-19(2)35(18)30-28(23-6-4-5-7-27(23)39-30)29(36)34-33-16-21-14-25(37-3)26(15-24(21)32)38-17-20-10-12-22(31)13-11-20/h8-16H,4-7,17H2,1-3H3,(H,34,36)/b33-16+. The van der Waals surface area contributed by atoms with Gasteiger partial charge in [-0.15, -0.1) is 11.3 Å². The number of ether oxygens (including phenoxy) is 2. The topological polar surface area (TPSA) is 64.8 Å². The summed E-state index contributed by atoms with van der Waals surface area (Å²) in [5.41, 5.74) is 8.71. The van der Waals surface area contributed by atoms with Crippen LogP contribution in [0.5, 0.6) is 11.5 Å². The van der Waals surface area contributed by atoms with Gasteiger partial charge in [-0.05, 0) is 103 Å². The number of carbonyl (C=O) groups is 1. The first kappa shape index (κ1) is 27.7. The van der Waals surface area contributed by atoms with Gasteiger partial charge in [0.05, 0.1) is 18.9 Å². The van der Waals surface area contributed by atoms with Crippen molar-refractivity contribution in [3.8, 4) is 16.5 Å². The number of hydrazone groups is 1. The van der Waals surface area contributed by atoms with Crippen molar-refractivity contribution in [2.24, 2.45) is 5.10 Å². The van der Waals surface area contributed by atoms with E-state index in [-0.39, 0.29) is 5.91 Å². The zero-order valence-corrected chi connectivity index (χ0v) is 26.0. The van der Waals surface area contributed by atoms with Gasteiger partial charge in [-0.2, -0.15) is 5.10 Å². The summed E-state index contributed by atoms with van der Waals surface area (Å²) in [6.07, 6.45) is 5.82. The van der Waals surface area contributed by atoms with Gasteiger partial charge in [-0.3, -0.25) is 4.79 Å². The van der Waals surface area contributed by atoms with E-state index < -0.39 is 0 Å². The van der Waals surface area contributed by atoms with Gasteiger partial charge in [0.25, 0.3) is 5.91 Å². The summed E-state index contributed by atoms with van der Waals surface area (Å²) in [4.78, 5) is 14.8. The lowest BCUT2D eigenvalue weighted by Gasteiger charge is -2.14. The van der Waals surface area contributed by atoms with E-state index in [4.69, 9.17) is 9.47 Å². The summed E-state index contributed by atoms with van der Waals surface area (Å²) >= 11 is 8.79. The number of fused-ring (bicyclic) bond motifs is 1. The van der Waals surface area contributed by atoms with Crippen LogP contribution in [0.1, 0.15) is 56.2 Å². The Morgan fingerprint density at radius 1 is 1.05 bits per heavy atom. The van der Waals surface area contributed by atoms with E-state index in [1.54, 1.807) is 24.7 Å². The number of aryl methyl sites for hydroxylation is 3. The second-order valence-corrected chi connectivity index (χ2v) is 12.3. The largest absolute Gasteiger partial charge is 0.493 e. The van der Waals surface area contributed by atoms with Crippen molar-refractivity contribution < 1.29 is 14.3 Å². The average molecular weight is 671 g/mol. The predicted octanol–water partition coefficient (Wildman–Crippen LogP) is 7.91. The molecule has 1 aliphatic rings. The zero-order valence-electron chi connectivity index (χ0n) is 22.0. The Morgan fingerprint density at radius 2 is 1.77 bits per heavy atom. The lowest BCUT2D eigenvalue weighted by atomic mass is 9.95. The molecule has 0 aliphatic heterocycles. The number of rotatable bonds is 8. The molecule has 2 heterocycles. The number of nitrogens with zero attached hydrogens (tertiary/aromatic N) is 2. The van der Waals surface area contributed by atoms with Gasteiger partial charge >= 0.3 is 0 Å². The Balaban J connectivity index is 1.35. The van der Waals surface area contributed by atoms with Crippen molar-refractivity contribution in [2.45, 2.75) is 46.1 Å². The minimum Gasteiger partial charge on any atom is -0.493 e. The zero-order chi connectivity index (χ0) is 27.5. The van der Waals surface area contributed by atoms with Gasteiger partial charge in [0, 0.05) is 30.8 Å². The number of amides is 1. The van der Waals surface area contributed by atoms with Crippen molar-refractivity contribution in [2.75, 3.05) is 7.11 Å². The van der Waals surface area contributed by atoms with Crippen molar-refractivity contribution in [1.29, 1.82) is 0 Å². The summed E-state index contributed by atoms with van der Waals surface area (Å²) < 4.78 is 15.6. The second-order valence-electron chi connectivity index (χ2n) is 9.48. The van der Waals surface area contributed by atoms with Crippen LogP contribution in [0.15, 0.2) is 62.6 Å². The molecule has 0 unspecified atom stereocenters. The summed E-state index contributed by atoms with van der Waals surface area (Å²) in [6, 6.07) is 15.8. The highest BCUT2D eigenvalue weighted by atomic mass is 79.9. The lowest BCUT2D eigenvalue weighted by Crippen LogP contribution is -2.21. The van der Waals surface area contributed by atoms with Crippen LogP contribution in [0.3, 0.4) is 0 Å². The maximum atomic E-state index is 13.5. The van der Waals surface area contributed by atoms with Crippen molar-refractivity contribution in [1.82, 2.24) is 9.99 Å². The molecule has 1 aliphatic carbocycles. The monoisotopic (exact) mass is 669 g/mol. The molecule has 1 N–H and O–H groups in total. The van der Waals surface area contributed by atoms with Crippen molar-refractivity contribution >= 4 is 55.3 Å². The first-order valence-electron chi connectivity index (χ1n) is 12.7. The van der Waals surface area contributed by atoms with Gasteiger partial charge in [0.1, 0.15) is 11.6 Å². The highest BCUT2D eigenvalue weighted by molar-refractivity contribution is 9.10. The fourth-order valence-electron chi connectivity index (χ4n) is 4.81. The maximum Gasteiger partial charge on any atom is 0.274 e. The fourth-order valence-corrected chi connectivity index (χ4v) is 7.01. The number of carbonyl (C=O) groups excluding carboxylic acids is 1. The van der Waals surface area contributed by atoms with Crippen LogP contribution >= 0.6 is 43.2 Å². The highest BCUT2D eigenvalue weighted by Gasteiger charge is 2.27. The smallest absolute Gasteiger partial charge is 0.274 e. The van der Waals surface area contributed by atoms with E-state index >= 15 is 0 Å². The minimum atomic E-state index is -0.189. The van der Waals surface area contributed by atoms with E-state index in [0.717, 1.165) is 73.3 Å². The molecule has 0 bridgehead atoms. The predicted molar refractivity (Wildman–Crippen MR) is 164 cm³/mol. The Hall–Kier alpha value is -2.88. The van der Waals surface area contributed by atoms with Crippen molar-refractivity contribution in [3.05, 3.63) is 96.0 Å². The third kappa shape index (κ3) is 6.00. The van der Waals surface area contributed by atoms with Crippen molar-refractivity contribution in [3.63, 3.8) is 0 Å². The molecule has 39 heavy (non-hydrogen) atoms. The molecule has 0 saturated heterocycles. The average Bonchev–Trinajstić information content (AvgIpc) is 3.47. The molecule has 0 atom stereocenters. The fraction of sp³-hybridized carbons (Fsp3) is 0.267. The number of methoxy groups -OCH3 is 1. The number of aromatic nitrogens is 1. The van der Waals surface area contributed by atoms with Crippen LogP contribution in [-0.2, 0) is 19.4 Å². The second kappa shape index (κ2) is 12.1. The third-order valence-corrected chi connectivity index (χ3v) is 9.31. The van der Waals surface area contributed by atoms with Crippen LogP contribution < -0.4 is 14.9 Å². The molecule has 0 fully saturated rings. The van der Waals surface area contributed by atoms with Crippen LogP contribution in [0, 0.1) is 13.8 Å². The van der Waals surface area contributed by atoms with Crippen LogP contribution in [0.25, 0.3) is 5.00 Å². The molecule has 2 aromatic carbocycles. The van der Waals surface area contributed by atoms with E-state index in [9.17, 15) is 4.79 Å². The molecule has 0 spiro atoms. The molecule has 1 amide bonds. The van der Waals surface area contributed by atoms with Gasteiger partial charge in [0.2, 0.25) is 0 Å². The lowest BCUT2D eigenvalue weighted by molar-refractivity contribution is 0.0954. The molecule has 4 aromatic rings. The molecule has 2 aromatic heterocycles. The van der Waals surface area contributed by atoms with Gasteiger partial charge in [-0.1, -0.05) is 28.1 Å². The number of halogens is 2. The molecule has 202 valence electrons. The number of thiophene rings is 1. The quantitative estimate of drug-likeness (QED) is 0.153. The number of nitrogens with one attached hydrogen (secondary N) is 1. The third-order valence-electron chi connectivity index (χ3n) is 6.81.